The Morgan fingerprint density at radius 1 is 0.962 bits per heavy atom. The van der Waals surface area contributed by atoms with Crippen LogP contribution in [-0.2, 0) is 13.1 Å². The summed E-state index contributed by atoms with van der Waals surface area (Å²) in [6.45, 7) is 3.36. The van der Waals surface area contributed by atoms with Crippen LogP contribution in [0.25, 0.3) is 22.2 Å². The lowest BCUT2D eigenvalue weighted by molar-refractivity contribution is 0.0512. The molecule has 0 radical (unpaired) electrons. The van der Waals surface area contributed by atoms with Crippen molar-refractivity contribution in [2.24, 2.45) is 0 Å². The Morgan fingerprint density at radius 2 is 1.68 bits per heavy atom. The van der Waals surface area contributed by atoms with Crippen LogP contribution in [0.4, 0.5) is 30.4 Å². The van der Waals surface area contributed by atoms with Gasteiger partial charge in [0.2, 0.25) is 0 Å². The van der Waals surface area contributed by atoms with Crippen LogP contribution in [-0.4, -0.2) is 84.0 Å². The molecule has 1 atom stereocenters. The molecule has 2 saturated heterocycles. The van der Waals surface area contributed by atoms with Crippen LogP contribution in [0.2, 0.25) is 10.0 Å². The third kappa shape index (κ3) is 7.30. The zero-order valence-electron chi connectivity index (χ0n) is 28.5. The Kier molecular flexibility index (Phi) is 9.98. The van der Waals surface area contributed by atoms with Crippen molar-refractivity contribution in [1.82, 2.24) is 34.5 Å². The van der Waals surface area contributed by atoms with Crippen LogP contribution in [0, 0.1) is 0 Å². The first-order valence-electron chi connectivity index (χ1n) is 17.6. The Hall–Kier alpha value is -4.34. The van der Waals surface area contributed by atoms with Gasteiger partial charge in [0, 0.05) is 56.6 Å². The van der Waals surface area contributed by atoms with Crippen LogP contribution < -0.4 is 10.6 Å². The van der Waals surface area contributed by atoms with Gasteiger partial charge in [0.15, 0.2) is 17.3 Å². The first-order valence-corrected chi connectivity index (χ1v) is 18.3. The molecule has 6 heterocycles. The highest BCUT2D eigenvalue weighted by Gasteiger charge is 2.32. The number of piperidine rings is 1. The van der Waals surface area contributed by atoms with Crippen LogP contribution in [0.3, 0.4) is 0 Å². The van der Waals surface area contributed by atoms with E-state index in [0.29, 0.717) is 47.7 Å². The minimum absolute atomic E-state index is 0.0404. The number of pyridine rings is 1. The van der Waals surface area contributed by atoms with E-state index in [1.54, 1.807) is 48.7 Å². The largest absolute Gasteiger partial charge is 0.393 e. The number of carbonyl (C=O) groups excluding carboxylic acids is 1. The number of carbonyl (C=O) groups is 1. The fourth-order valence-electron chi connectivity index (χ4n) is 7.37. The summed E-state index contributed by atoms with van der Waals surface area (Å²) >= 11 is 13.9. The quantitative estimate of drug-likeness (QED) is 0.139. The van der Waals surface area contributed by atoms with Gasteiger partial charge in [-0.15, -0.1) is 0 Å². The smallest absolute Gasteiger partial charge is 0.297 e. The molecule has 0 spiro atoms. The van der Waals surface area contributed by atoms with Gasteiger partial charge in [0.25, 0.3) is 12.3 Å². The number of likely N-dealkylation sites (tertiary alicyclic amines) is 2. The molecule has 0 bridgehead atoms. The van der Waals surface area contributed by atoms with Gasteiger partial charge in [-0.05, 0) is 55.5 Å². The normalized spacial score (nSPS) is 18.7. The van der Waals surface area contributed by atoms with Gasteiger partial charge < -0.3 is 15.7 Å². The number of rotatable bonds is 9. The van der Waals surface area contributed by atoms with Crippen molar-refractivity contribution in [3.05, 3.63) is 87.5 Å². The van der Waals surface area contributed by atoms with Crippen molar-refractivity contribution in [1.29, 1.82) is 0 Å². The highest BCUT2D eigenvalue weighted by molar-refractivity contribution is 6.39. The zero-order chi connectivity index (χ0) is 36.8. The maximum Gasteiger partial charge on any atom is 0.297 e. The summed E-state index contributed by atoms with van der Waals surface area (Å²) in [5.74, 6) is -1.04. The predicted molar refractivity (Wildman–Crippen MR) is 197 cm³/mol. The molecular formula is C37H36Cl2F3N9O2. The van der Waals surface area contributed by atoms with Gasteiger partial charge in [0.05, 0.1) is 44.8 Å². The number of halogens is 5. The molecule has 8 rings (SSSR count). The number of nitrogens with zero attached hydrogens (tertiary/aromatic N) is 7. The van der Waals surface area contributed by atoms with Crippen molar-refractivity contribution in [2.45, 2.75) is 63.5 Å². The zero-order valence-corrected chi connectivity index (χ0v) is 30.0. The summed E-state index contributed by atoms with van der Waals surface area (Å²) in [4.78, 5) is 30.4. The molecule has 53 heavy (non-hydrogen) atoms. The molecule has 0 saturated carbocycles. The summed E-state index contributed by atoms with van der Waals surface area (Å²) in [5.41, 5.74) is 4.23. The van der Waals surface area contributed by atoms with E-state index in [0.717, 1.165) is 51.0 Å². The molecular weight excluding hydrogens is 730 g/mol. The van der Waals surface area contributed by atoms with Gasteiger partial charge in [-0.3, -0.25) is 24.3 Å². The molecule has 0 unspecified atom stereocenters. The van der Waals surface area contributed by atoms with E-state index in [2.05, 4.69) is 35.6 Å². The standard InChI is InChI=1S/C37H36Cl2F3N9O2/c38-31-23(4-1-6-25(31)44-35-33-27(45-36(47-35)34(41)42)14-20(16-43-33)17-49-18-21(40)19-49)24-5-2-7-26(32(24)39)46-37(53)28-15-30-29(8-3-11-51(30)48-28)50-12-9-22(52)10-13-50/h1-2,4-7,14-16,21-22,29,34,52H,3,8-13,17-19H2,(H,46,53)(H,44,45,47)/t29-/m1/s1. The van der Waals surface area contributed by atoms with Crippen LogP contribution in [0.5, 0.6) is 0 Å². The molecule has 2 fully saturated rings. The summed E-state index contributed by atoms with van der Waals surface area (Å²) < 4.78 is 43.1. The highest BCUT2D eigenvalue weighted by atomic mass is 35.5. The van der Waals surface area contributed by atoms with Gasteiger partial charge in [-0.25, -0.2) is 23.1 Å². The molecule has 3 aliphatic heterocycles. The SMILES string of the molecule is O=C(Nc1cccc(-c2cccc(Nc3nc(C(F)F)nc4cc(CN5CC(F)C5)cnc34)c2Cl)c1Cl)c1cc2n(n1)CCC[C@H]2N1CCC(O)CC1. The monoisotopic (exact) mass is 765 g/mol. The number of aliphatic hydroxyl groups is 1. The molecule has 16 heteroatoms. The van der Waals surface area contributed by atoms with Crippen molar-refractivity contribution in [3.8, 4) is 11.1 Å². The maximum absolute atomic E-state index is 13.9. The van der Waals surface area contributed by atoms with Crippen LogP contribution >= 0.6 is 23.2 Å². The number of amides is 1. The number of hydrogen-bond acceptors (Lipinski definition) is 9. The number of aryl methyl sites for hydroxylation is 1. The van der Waals surface area contributed by atoms with Crippen molar-refractivity contribution < 1.29 is 23.1 Å². The average molecular weight is 767 g/mol. The van der Waals surface area contributed by atoms with E-state index in [1.807, 2.05) is 15.6 Å². The number of aromatic nitrogens is 5. The number of alkyl halides is 3. The minimum Gasteiger partial charge on any atom is -0.393 e. The Balaban J connectivity index is 1.04. The molecule has 3 N–H and O–H groups in total. The third-order valence-electron chi connectivity index (χ3n) is 10.1. The molecule has 276 valence electrons. The predicted octanol–water partition coefficient (Wildman–Crippen LogP) is 7.57. The van der Waals surface area contributed by atoms with E-state index in [9.17, 15) is 23.1 Å². The van der Waals surface area contributed by atoms with Crippen LogP contribution in [0.15, 0.2) is 54.7 Å². The highest BCUT2D eigenvalue weighted by Crippen LogP contribution is 2.42. The molecule has 3 aromatic heterocycles. The molecule has 3 aliphatic rings. The summed E-state index contributed by atoms with van der Waals surface area (Å²) in [6.07, 6.45) is 0.892. The van der Waals surface area contributed by atoms with E-state index in [-0.39, 0.29) is 44.7 Å². The second kappa shape index (κ2) is 14.8. The molecule has 2 aromatic carbocycles. The third-order valence-corrected chi connectivity index (χ3v) is 10.9. The minimum atomic E-state index is -2.94. The van der Waals surface area contributed by atoms with Crippen molar-refractivity contribution in [2.75, 3.05) is 36.8 Å². The van der Waals surface area contributed by atoms with Gasteiger partial charge in [0.1, 0.15) is 11.7 Å². The topological polar surface area (TPSA) is 124 Å². The molecule has 1 amide bonds. The lowest BCUT2D eigenvalue weighted by Crippen LogP contribution is -2.47. The van der Waals surface area contributed by atoms with Crippen LogP contribution in [0.1, 0.15) is 65.7 Å². The number of fused-ring (bicyclic) bond motifs is 2. The van der Waals surface area contributed by atoms with E-state index in [1.165, 1.54) is 0 Å². The fraction of sp³-hybridized carbons (Fsp3) is 0.378. The number of benzene rings is 2. The number of anilines is 3. The lowest BCUT2D eigenvalue weighted by Gasteiger charge is -2.38. The molecule has 0 aliphatic carbocycles. The Morgan fingerprint density at radius 3 is 2.40 bits per heavy atom. The summed E-state index contributed by atoms with van der Waals surface area (Å²) in [5, 5.41) is 21.1. The Labute approximate surface area is 313 Å². The van der Waals surface area contributed by atoms with E-state index < -0.39 is 24.3 Å². The second-order valence-electron chi connectivity index (χ2n) is 13.7. The summed E-state index contributed by atoms with van der Waals surface area (Å²) in [6, 6.07) is 14.0. The number of aliphatic hydroxyl groups excluding tert-OH is 1. The average Bonchev–Trinajstić information content (AvgIpc) is 3.58. The lowest BCUT2D eigenvalue weighted by atomic mass is 9.98. The fourth-order valence-corrected chi connectivity index (χ4v) is 7.92. The number of nitrogens with one attached hydrogen (secondary N) is 2. The first-order chi connectivity index (χ1) is 25.6. The Bertz CT molecular complexity index is 2170. The van der Waals surface area contributed by atoms with E-state index >= 15 is 0 Å². The van der Waals surface area contributed by atoms with E-state index in [4.69, 9.17) is 23.2 Å². The van der Waals surface area contributed by atoms with Gasteiger partial charge in [-0.2, -0.15) is 5.10 Å². The molecule has 5 aromatic rings. The second-order valence-corrected chi connectivity index (χ2v) is 14.5. The summed E-state index contributed by atoms with van der Waals surface area (Å²) in [7, 11) is 0. The maximum atomic E-state index is 13.9. The number of hydrogen-bond donors (Lipinski definition) is 3. The van der Waals surface area contributed by atoms with Gasteiger partial charge in [-0.1, -0.05) is 47.5 Å². The first kappa shape index (κ1) is 35.7. The van der Waals surface area contributed by atoms with Gasteiger partial charge >= 0.3 is 0 Å². The van der Waals surface area contributed by atoms with Crippen molar-refractivity contribution in [3.63, 3.8) is 0 Å². The van der Waals surface area contributed by atoms with Crippen molar-refractivity contribution >= 4 is 57.3 Å². The molecule has 11 nitrogen and oxygen atoms in total.